The number of nitrogens with two attached hydrogens (primary N) is 1. The molecule has 0 amide bonds. The van der Waals surface area contributed by atoms with Crippen molar-refractivity contribution in [2.24, 2.45) is 5.73 Å². The van der Waals surface area contributed by atoms with Crippen LogP contribution < -0.4 is 10.5 Å². The number of ether oxygens (including phenoxy) is 1. The van der Waals surface area contributed by atoms with Gasteiger partial charge >= 0.3 is 6.18 Å². The molecule has 106 valence electrons. The number of hydrogen-bond acceptors (Lipinski definition) is 2. The van der Waals surface area contributed by atoms with Crippen molar-refractivity contribution in [3.05, 3.63) is 54.1 Å². The first kappa shape index (κ1) is 14.4. The Bertz CT molecular complexity index is 567. The van der Waals surface area contributed by atoms with E-state index in [0.29, 0.717) is 5.56 Å². The molecule has 0 saturated carbocycles. The highest BCUT2D eigenvalue weighted by atomic mass is 19.4. The summed E-state index contributed by atoms with van der Waals surface area (Å²) in [6.45, 7) is 0.214. The summed E-state index contributed by atoms with van der Waals surface area (Å²) >= 11 is 0. The zero-order valence-electron chi connectivity index (χ0n) is 10.7. The van der Waals surface area contributed by atoms with Gasteiger partial charge in [0.2, 0.25) is 0 Å². The maximum absolute atomic E-state index is 13.1. The lowest BCUT2D eigenvalue weighted by atomic mass is 10.0. The molecule has 0 unspecified atom stereocenters. The van der Waals surface area contributed by atoms with Crippen LogP contribution in [0.25, 0.3) is 11.1 Å². The molecule has 2 N–H and O–H groups in total. The van der Waals surface area contributed by atoms with Crippen molar-refractivity contribution in [2.45, 2.75) is 6.18 Å². The predicted octanol–water partition coefficient (Wildman–Crippen LogP) is 3.71. The Morgan fingerprint density at radius 1 is 0.950 bits per heavy atom. The minimum atomic E-state index is -4.46. The quantitative estimate of drug-likeness (QED) is 0.927. The van der Waals surface area contributed by atoms with E-state index in [9.17, 15) is 13.2 Å². The molecule has 0 heterocycles. The van der Waals surface area contributed by atoms with Crippen molar-refractivity contribution in [1.29, 1.82) is 0 Å². The minimum Gasteiger partial charge on any atom is -0.492 e. The SMILES string of the molecule is NCCOc1ccc(-c2ccccc2)cc1C(F)(F)F. The number of hydrogen-bond donors (Lipinski definition) is 1. The minimum absolute atomic E-state index is 0.0494. The molecule has 20 heavy (non-hydrogen) atoms. The average molecular weight is 281 g/mol. The van der Waals surface area contributed by atoms with E-state index in [1.807, 2.05) is 6.07 Å². The largest absolute Gasteiger partial charge is 0.492 e. The molecule has 0 aromatic heterocycles. The van der Waals surface area contributed by atoms with Gasteiger partial charge in [-0.3, -0.25) is 0 Å². The molecule has 0 bridgehead atoms. The first-order valence-corrected chi connectivity index (χ1v) is 6.12. The summed E-state index contributed by atoms with van der Waals surface area (Å²) in [7, 11) is 0. The summed E-state index contributed by atoms with van der Waals surface area (Å²) in [5, 5.41) is 0. The lowest BCUT2D eigenvalue weighted by Crippen LogP contribution is -2.14. The van der Waals surface area contributed by atoms with E-state index in [1.165, 1.54) is 6.07 Å². The zero-order chi connectivity index (χ0) is 14.6. The maximum Gasteiger partial charge on any atom is 0.419 e. The van der Waals surface area contributed by atoms with E-state index in [1.54, 1.807) is 30.3 Å². The second kappa shape index (κ2) is 5.96. The van der Waals surface area contributed by atoms with Crippen molar-refractivity contribution in [2.75, 3.05) is 13.2 Å². The summed E-state index contributed by atoms with van der Waals surface area (Å²) in [6, 6.07) is 12.9. The molecule has 0 radical (unpaired) electrons. The lowest BCUT2D eigenvalue weighted by Gasteiger charge is -2.15. The molecule has 2 aromatic rings. The number of halogens is 3. The highest BCUT2D eigenvalue weighted by Crippen LogP contribution is 2.38. The molecular formula is C15H14F3NO. The number of rotatable bonds is 4. The Hall–Kier alpha value is -2.01. The van der Waals surface area contributed by atoms with Crippen LogP contribution in [0, 0.1) is 0 Å². The van der Waals surface area contributed by atoms with Gasteiger partial charge in [0.1, 0.15) is 12.4 Å². The van der Waals surface area contributed by atoms with Gasteiger partial charge in [-0.2, -0.15) is 13.2 Å². The van der Waals surface area contributed by atoms with Crippen LogP contribution in [0.15, 0.2) is 48.5 Å². The van der Waals surface area contributed by atoms with E-state index < -0.39 is 11.7 Å². The van der Waals surface area contributed by atoms with Gasteiger partial charge in [0.25, 0.3) is 0 Å². The third-order valence-corrected chi connectivity index (χ3v) is 2.77. The molecule has 0 saturated heterocycles. The predicted molar refractivity (Wildman–Crippen MR) is 71.4 cm³/mol. The van der Waals surface area contributed by atoms with E-state index in [2.05, 4.69) is 0 Å². The van der Waals surface area contributed by atoms with E-state index in [4.69, 9.17) is 10.5 Å². The van der Waals surface area contributed by atoms with Crippen LogP contribution >= 0.6 is 0 Å². The van der Waals surface area contributed by atoms with E-state index >= 15 is 0 Å². The van der Waals surface area contributed by atoms with Crippen LogP contribution in [0.3, 0.4) is 0 Å². The fraction of sp³-hybridized carbons (Fsp3) is 0.200. The zero-order valence-corrected chi connectivity index (χ0v) is 10.7. The molecule has 0 fully saturated rings. The third kappa shape index (κ3) is 3.30. The Morgan fingerprint density at radius 3 is 2.25 bits per heavy atom. The summed E-state index contributed by atoms with van der Waals surface area (Å²) < 4.78 is 44.2. The van der Waals surface area contributed by atoms with Crippen molar-refractivity contribution >= 4 is 0 Å². The van der Waals surface area contributed by atoms with E-state index in [0.717, 1.165) is 11.6 Å². The molecule has 0 aliphatic carbocycles. The molecule has 2 aromatic carbocycles. The Balaban J connectivity index is 2.44. The van der Waals surface area contributed by atoms with Gasteiger partial charge in [0.05, 0.1) is 5.56 Å². The van der Waals surface area contributed by atoms with Gasteiger partial charge < -0.3 is 10.5 Å². The van der Waals surface area contributed by atoms with Gasteiger partial charge in [0.15, 0.2) is 0 Å². The Labute approximate surface area is 115 Å². The Kier molecular flexibility index (Phi) is 4.29. The fourth-order valence-corrected chi connectivity index (χ4v) is 1.86. The van der Waals surface area contributed by atoms with Crippen LogP contribution in [-0.4, -0.2) is 13.2 Å². The van der Waals surface area contributed by atoms with Crippen LogP contribution in [0.1, 0.15) is 5.56 Å². The van der Waals surface area contributed by atoms with Crippen molar-refractivity contribution < 1.29 is 17.9 Å². The van der Waals surface area contributed by atoms with Gasteiger partial charge in [-0.25, -0.2) is 0 Å². The van der Waals surface area contributed by atoms with E-state index in [-0.39, 0.29) is 18.9 Å². The first-order valence-electron chi connectivity index (χ1n) is 6.12. The highest BCUT2D eigenvalue weighted by molar-refractivity contribution is 5.65. The first-order chi connectivity index (χ1) is 9.52. The van der Waals surface area contributed by atoms with Crippen LogP contribution in [-0.2, 0) is 6.18 Å². The summed E-state index contributed by atoms with van der Waals surface area (Å²) in [6.07, 6.45) is -4.46. The van der Waals surface area contributed by atoms with Gasteiger partial charge in [0, 0.05) is 6.54 Å². The van der Waals surface area contributed by atoms with Crippen molar-refractivity contribution in [3.8, 4) is 16.9 Å². The smallest absolute Gasteiger partial charge is 0.419 e. The number of benzene rings is 2. The normalized spacial score (nSPS) is 11.4. The van der Waals surface area contributed by atoms with Crippen LogP contribution in [0.5, 0.6) is 5.75 Å². The molecule has 0 spiro atoms. The highest BCUT2D eigenvalue weighted by Gasteiger charge is 2.34. The second-order valence-corrected chi connectivity index (χ2v) is 4.21. The van der Waals surface area contributed by atoms with Crippen molar-refractivity contribution in [1.82, 2.24) is 0 Å². The van der Waals surface area contributed by atoms with Crippen LogP contribution in [0.4, 0.5) is 13.2 Å². The van der Waals surface area contributed by atoms with Crippen molar-refractivity contribution in [3.63, 3.8) is 0 Å². The molecule has 0 aliphatic rings. The molecule has 0 aliphatic heterocycles. The Morgan fingerprint density at radius 2 is 1.65 bits per heavy atom. The summed E-state index contributed by atoms with van der Waals surface area (Å²) in [5.41, 5.74) is 5.69. The molecule has 5 heteroatoms. The molecule has 2 rings (SSSR count). The molecule has 0 atom stereocenters. The van der Waals surface area contributed by atoms with Gasteiger partial charge in [-0.1, -0.05) is 36.4 Å². The summed E-state index contributed by atoms with van der Waals surface area (Å²) in [5.74, 6) is -0.192. The average Bonchev–Trinajstić information content (AvgIpc) is 2.45. The monoisotopic (exact) mass is 281 g/mol. The number of alkyl halides is 3. The topological polar surface area (TPSA) is 35.2 Å². The lowest BCUT2D eigenvalue weighted by molar-refractivity contribution is -0.138. The maximum atomic E-state index is 13.1. The third-order valence-electron chi connectivity index (χ3n) is 2.77. The standard InChI is InChI=1S/C15H14F3NO/c16-15(17,18)13-10-12(11-4-2-1-3-5-11)6-7-14(13)20-9-8-19/h1-7,10H,8-9,19H2. The molecular weight excluding hydrogens is 267 g/mol. The second-order valence-electron chi connectivity index (χ2n) is 4.21. The van der Waals surface area contributed by atoms with Crippen LogP contribution in [0.2, 0.25) is 0 Å². The molecule has 2 nitrogen and oxygen atoms in total. The van der Waals surface area contributed by atoms with Gasteiger partial charge in [-0.05, 0) is 23.3 Å². The van der Waals surface area contributed by atoms with Gasteiger partial charge in [-0.15, -0.1) is 0 Å². The fourth-order valence-electron chi connectivity index (χ4n) is 1.86. The summed E-state index contributed by atoms with van der Waals surface area (Å²) in [4.78, 5) is 0.